The highest BCUT2D eigenvalue weighted by molar-refractivity contribution is 5.75. The number of hydrogen-bond acceptors (Lipinski definition) is 4. The molecule has 4 nitrogen and oxygen atoms in total. The number of methoxy groups -OCH3 is 1. The molecule has 1 aromatic carbocycles. The van der Waals surface area contributed by atoms with Crippen LogP contribution in [0.4, 0.5) is 5.69 Å². The fourth-order valence-corrected chi connectivity index (χ4v) is 1.37. The molecular formula is C13H19NO3. The summed E-state index contributed by atoms with van der Waals surface area (Å²) in [7, 11) is 1.37. The van der Waals surface area contributed by atoms with Crippen molar-refractivity contribution < 1.29 is 14.3 Å². The van der Waals surface area contributed by atoms with Crippen LogP contribution in [0.5, 0.6) is 5.75 Å². The van der Waals surface area contributed by atoms with Gasteiger partial charge in [-0.05, 0) is 32.4 Å². The van der Waals surface area contributed by atoms with Gasteiger partial charge in [-0.25, -0.2) is 0 Å². The first-order chi connectivity index (χ1) is 7.86. The van der Waals surface area contributed by atoms with Crippen LogP contribution < -0.4 is 10.5 Å². The molecule has 0 aliphatic heterocycles. The van der Waals surface area contributed by atoms with Crippen molar-refractivity contribution in [2.24, 2.45) is 5.41 Å². The second-order valence-electron chi connectivity index (χ2n) is 4.69. The van der Waals surface area contributed by atoms with Gasteiger partial charge in [0.1, 0.15) is 12.4 Å². The van der Waals surface area contributed by atoms with Crippen molar-refractivity contribution >= 4 is 11.7 Å². The lowest BCUT2D eigenvalue weighted by molar-refractivity contribution is -0.152. The van der Waals surface area contributed by atoms with Gasteiger partial charge in [0.2, 0.25) is 0 Å². The zero-order valence-electron chi connectivity index (χ0n) is 10.7. The van der Waals surface area contributed by atoms with Gasteiger partial charge in [-0.3, -0.25) is 4.79 Å². The lowest BCUT2D eigenvalue weighted by atomic mass is 9.95. The van der Waals surface area contributed by atoms with E-state index in [1.165, 1.54) is 7.11 Å². The number of anilines is 1. The number of esters is 1. The Bertz CT molecular complexity index is 413. The van der Waals surface area contributed by atoms with Gasteiger partial charge < -0.3 is 15.2 Å². The molecule has 0 saturated heterocycles. The second-order valence-corrected chi connectivity index (χ2v) is 4.69. The molecule has 0 bridgehead atoms. The number of benzene rings is 1. The molecule has 17 heavy (non-hydrogen) atoms. The van der Waals surface area contributed by atoms with Crippen LogP contribution in [0.15, 0.2) is 18.2 Å². The molecule has 4 heteroatoms. The van der Waals surface area contributed by atoms with E-state index in [0.29, 0.717) is 11.4 Å². The SMILES string of the molecule is COC(=O)C(C)(C)COc1cc(N)ccc1C. The summed E-state index contributed by atoms with van der Waals surface area (Å²) in [6.45, 7) is 5.74. The Labute approximate surface area is 102 Å². The summed E-state index contributed by atoms with van der Waals surface area (Å²) in [6, 6.07) is 5.45. The summed E-state index contributed by atoms with van der Waals surface area (Å²) in [5, 5.41) is 0. The van der Waals surface area contributed by atoms with Crippen LogP contribution in [0.3, 0.4) is 0 Å². The number of carbonyl (C=O) groups excluding carboxylic acids is 1. The molecule has 0 spiro atoms. The molecule has 2 N–H and O–H groups in total. The fraction of sp³-hybridized carbons (Fsp3) is 0.462. The molecular weight excluding hydrogens is 218 g/mol. The van der Waals surface area contributed by atoms with E-state index in [1.807, 2.05) is 19.1 Å². The van der Waals surface area contributed by atoms with Crippen molar-refractivity contribution in [3.05, 3.63) is 23.8 Å². The van der Waals surface area contributed by atoms with Gasteiger partial charge in [0, 0.05) is 11.8 Å². The van der Waals surface area contributed by atoms with Crippen LogP contribution in [0, 0.1) is 12.3 Å². The highest BCUT2D eigenvalue weighted by atomic mass is 16.5. The molecule has 1 aromatic rings. The number of carbonyl (C=O) groups is 1. The molecule has 0 fully saturated rings. The highest BCUT2D eigenvalue weighted by Gasteiger charge is 2.29. The van der Waals surface area contributed by atoms with Crippen LogP contribution in [-0.4, -0.2) is 19.7 Å². The number of rotatable bonds is 4. The van der Waals surface area contributed by atoms with Gasteiger partial charge in [-0.1, -0.05) is 6.07 Å². The smallest absolute Gasteiger partial charge is 0.314 e. The Morgan fingerprint density at radius 3 is 2.65 bits per heavy atom. The molecule has 0 aliphatic rings. The molecule has 0 amide bonds. The van der Waals surface area contributed by atoms with Crippen LogP contribution in [0.25, 0.3) is 0 Å². The van der Waals surface area contributed by atoms with Gasteiger partial charge >= 0.3 is 5.97 Å². The monoisotopic (exact) mass is 237 g/mol. The number of hydrogen-bond donors (Lipinski definition) is 1. The maximum atomic E-state index is 11.5. The van der Waals surface area contributed by atoms with Crippen molar-refractivity contribution in [1.29, 1.82) is 0 Å². The standard InChI is InChI=1S/C13H19NO3/c1-9-5-6-10(14)7-11(9)17-8-13(2,3)12(15)16-4/h5-7H,8,14H2,1-4H3. The average molecular weight is 237 g/mol. The van der Waals surface area contributed by atoms with E-state index in [0.717, 1.165) is 5.56 Å². The molecule has 0 unspecified atom stereocenters. The lowest BCUT2D eigenvalue weighted by Gasteiger charge is -2.22. The molecule has 0 saturated carbocycles. The fourth-order valence-electron chi connectivity index (χ4n) is 1.37. The van der Waals surface area contributed by atoms with E-state index < -0.39 is 5.41 Å². The number of aryl methyl sites for hydroxylation is 1. The van der Waals surface area contributed by atoms with Crippen molar-refractivity contribution in [3.8, 4) is 5.75 Å². The number of nitrogens with two attached hydrogens (primary N) is 1. The molecule has 94 valence electrons. The van der Waals surface area contributed by atoms with Crippen LogP contribution in [0.1, 0.15) is 19.4 Å². The number of nitrogen functional groups attached to an aromatic ring is 1. The maximum absolute atomic E-state index is 11.5. The normalized spacial score (nSPS) is 11.1. The zero-order valence-corrected chi connectivity index (χ0v) is 10.7. The Balaban J connectivity index is 2.73. The van der Waals surface area contributed by atoms with Gasteiger partial charge in [-0.15, -0.1) is 0 Å². The third-order valence-electron chi connectivity index (χ3n) is 2.54. The predicted octanol–water partition coefficient (Wildman–Crippen LogP) is 2.16. The van der Waals surface area contributed by atoms with Crippen LogP contribution in [-0.2, 0) is 9.53 Å². The summed E-state index contributed by atoms with van der Waals surface area (Å²) in [5.74, 6) is 0.404. The first-order valence-corrected chi connectivity index (χ1v) is 5.44. The average Bonchev–Trinajstić information content (AvgIpc) is 2.29. The van der Waals surface area contributed by atoms with Gasteiger partial charge in [0.15, 0.2) is 0 Å². The number of ether oxygens (including phenoxy) is 2. The largest absolute Gasteiger partial charge is 0.492 e. The highest BCUT2D eigenvalue weighted by Crippen LogP contribution is 2.24. The molecule has 0 radical (unpaired) electrons. The van der Waals surface area contributed by atoms with Crippen LogP contribution >= 0.6 is 0 Å². The van der Waals surface area contributed by atoms with Gasteiger partial charge in [0.25, 0.3) is 0 Å². The topological polar surface area (TPSA) is 61.5 Å². The Morgan fingerprint density at radius 1 is 1.41 bits per heavy atom. The first-order valence-electron chi connectivity index (χ1n) is 5.44. The van der Waals surface area contributed by atoms with E-state index in [9.17, 15) is 4.79 Å². The molecule has 1 rings (SSSR count). The van der Waals surface area contributed by atoms with Crippen molar-refractivity contribution in [1.82, 2.24) is 0 Å². The minimum Gasteiger partial charge on any atom is -0.492 e. The van der Waals surface area contributed by atoms with Gasteiger partial charge in [-0.2, -0.15) is 0 Å². The third kappa shape index (κ3) is 3.37. The Kier molecular flexibility index (Phi) is 3.99. The Hall–Kier alpha value is -1.71. The van der Waals surface area contributed by atoms with Gasteiger partial charge in [0.05, 0.1) is 12.5 Å². The zero-order chi connectivity index (χ0) is 13.1. The van der Waals surface area contributed by atoms with E-state index >= 15 is 0 Å². The van der Waals surface area contributed by atoms with Crippen molar-refractivity contribution in [2.45, 2.75) is 20.8 Å². The van der Waals surface area contributed by atoms with E-state index in [-0.39, 0.29) is 12.6 Å². The van der Waals surface area contributed by atoms with E-state index in [2.05, 4.69) is 0 Å². The Morgan fingerprint density at radius 2 is 2.06 bits per heavy atom. The third-order valence-corrected chi connectivity index (χ3v) is 2.54. The van der Waals surface area contributed by atoms with Crippen molar-refractivity contribution in [3.63, 3.8) is 0 Å². The van der Waals surface area contributed by atoms with E-state index in [4.69, 9.17) is 15.2 Å². The lowest BCUT2D eigenvalue weighted by Crippen LogP contribution is -2.32. The summed E-state index contributed by atoms with van der Waals surface area (Å²) in [5.41, 5.74) is 6.63. The predicted molar refractivity (Wildman–Crippen MR) is 66.9 cm³/mol. The van der Waals surface area contributed by atoms with E-state index in [1.54, 1.807) is 19.9 Å². The molecule has 0 heterocycles. The summed E-state index contributed by atoms with van der Waals surface area (Å²) in [4.78, 5) is 11.5. The van der Waals surface area contributed by atoms with Crippen LogP contribution in [0.2, 0.25) is 0 Å². The quantitative estimate of drug-likeness (QED) is 0.644. The summed E-state index contributed by atoms with van der Waals surface area (Å²) < 4.78 is 10.3. The first kappa shape index (κ1) is 13.4. The summed E-state index contributed by atoms with van der Waals surface area (Å²) >= 11 is 0. The molecule has 0 aromatic heterocycles. The minimum absolute atomic E-state index is 0.254. The molecule has 0 aliphatic carbocycles. The van der Waals surface area contributed by atoms with Crippen molar-refractivity contribution in [2.75, 3.05) is 19.5 Å². The minimum atomic E-state index is -0.675. The summed E-state index contributed by atoms with van der Waals surface area (Å²) in [6.07, 6.45) is 0. The molecule has 0 atom stereocenters. The second kappa shape index (κ2) is 5.08. The maximum Gasteiger partial charge on any atom is 0.314 e.